The van der Waals surface area contributed by atoms with Crippen LogP contribution in [0.5, 0.6) is 0 Å². The molecule has 138 valence electrons. The summed E-state index contributed by atoms with van der Waals surface area (Å²) in [6.07, 6.45) is 4.01. The van der Waals surface area contributed by atoms with E-state index in [1.807, 2.05) is 54.6 Å². The van der Waals surface area contributed by atoms with E-state index >= 15 is 0 Å². The summed E-state index contributed by atoms with van der Waals surface area (Å²) in [4.78, 5) is 12.7. The van der Waals surface area contributed by atoms with Gasteiger partial charge in [-0.2, -0.15) is 0 Å². The van der Waals surface area contributed by atoms with Crippen LogP contribution >= 0.6 is 11.8 Å². The van der Waals surface area contributed by atoms with Crippen molar-refractivity contribution >= 4 is 34.3 Å². The minimum absolute atomic E-state index is 0.00196. The van der Waals surface area contributed by atoms with Crippen molar-refractivity contribution in [3.8, 4) is 0 Å². The number of rotatable bonds is 6. The summed E-state index contributed by atoms with van der Waals surface area (Å²) in [5.74, 6) is 0.00196. The molecule has 3 aromatic heterocycles. The second-order valence-electron chi connectivity index (χ2n) is 6.42. The SMILES string of the molecule is CC[C@H](Sc1nncn2c1cc1occc12)C(=O)NCc1ccc(C)cc1. The highest BCUT2D eigenvalue weighted by atomic mass is 32.2. The fourth-order valence-electron chi connectivity index (χ4n) is 2.96. The van der Waals surface area contributed by atoms with Crippen molar-refractivity contribution in [1.82, 2.24) is 19.9 Å². The van der Waals surface area contributed by atoms with Crippen LogP contribution in [0.1, 0.15) is 24.5 Å². The van der Waals surface area contributed by atoms with Gasteiger partial charge in [0.15, 0.2) is 5.58 Å². The second-order valence-corrected chi connectivity index (χ2v) is 7.62. The molecular weight excluding hydrogens is 360 g/mol. The van der Waals surface area contributed by atoms with Gasteiger partial charge in [0.05, 0.1) is 22.5 Å². The Labute approximate surface area is 161 Å². The predicted molar refractivity (Wildman–Crippen MR) is 106 cm³/mol. The van der Waals surface area contributed by atoms with Gasteiger partial charge in [0.1, 0.15) is 11.4 Å². The number of carbonyl (C=O) groups is 1. The van der Waals surface area contributed by atoms with Crippen LogP contribution in [0.15, 0.2) is 58.4 Å². The van der Waals surface area contributed by atoms with Gasteiger partial charge in [-0.1, -0.05) is 48.5 Å². The van der Waals surface area contributed by atoms with E-state index in [2.05, 4.69) is 15.5 Å². The van der Waals surface area contributed by atoms with Crippen molar-refractivity contribution in [2.24, 2.45) is 0 Å². The van der Waals surface area contributed by atoms with E-state index < -0.39 is 0 Å². The summed E-state index contributed by atoms with van der Waals surface area (Å²) in [7, 11) is 0. The lowest BCUT2D eigenvalue weighted by atomic mass is 10.1. The van der Waals surface area contributed by atoms with Crippen LogP contribution in [0.2, 0.25) is 0 Å². The molecule has 6 nitrogen and oxygen atoms in total. The monoisotopic (exact) mass is 380 g/mol. The number of aryl methyl sites for hydroxylation is 1. The van der Waals surface area contributed by atoms with Gasteiger partial charge in [-0.3, -0.25) is 9.20 Å². The van der Waals surface area contributed by atoms with Crippen molar-refractivity contribution in [3.05, 3.63) is 60.1 Å². The average Bonchev–Trinajstić information content (AvgIpc) is 3.27. The number of carbonyl (C=O) groups excluding carboxylic acids is 1. The highest BCUT2D eigenvalue weighted by Gasteiger charge is 2.21. The van der Waals surface area contributed by atoms with Crippen molar-refractivity contribution in [2.45, 2.75) is 37.1 Å². The number of fused-ring (bicyclic) bond motifs is 3. The molecule has 0 aliphatic rings. The van der Waals surface area contributed by atoms with Crippen LogP contribution in [-0.4, -0.2) is 25.8 Å². The first-order valence-corrected chi connectivity index (χ1v) is 9.73. The zero-order valence-electron chi connectivity index (χ0n) is 15.2. The van der Waals surface area contributed by atoms with Gasteiger partial charge in [0.2, 0.25) is 5.91 Å². The standard InChI is InChI=1S/C20H20N4O2S/c1-3-18(19(25)21-11-14-6-4-13(2)5-7-14)27-20-16-10-17-15(8-9-26-17)24(16)12-22-23-20/h4-10,12,18H,3,11H2,1-2H3,(H,21,25)/t18-/m0/s1. The molecule has 7 heteroatoms. The number of hydrogen-bond acceptors (Lipinski definition) is 5. The fraction of sp³-hybridized carbons (Fsp3) is 0.250. The second kappa shape index (κ2) is 7.44. The quantitative estimate of drug-likeness (QED) is 0.513. The molecule has 1 amide bonds. The maximum absolute atomic E-state index is 12.7. The Morgan fingerprint density at radius 3 is 2.85 bits per heavy atom. The molecule has 3 heterocycles. The maximum atomic E-state index is 12.7. The molecule has 4 aromatic rings. The molecule has 0 aliphatic carbocycles. The van der Waals surface area contributed by atoms with Crippen LogP contribution in [0.25, 0.3) is 16.6 Å². The highest BCUT2D eigenvalue weighted by molar-refractivity contribution is 8.00. The average molecular weight is 380 g/mol. The number of nitrogens with zero attached hydrogens (tertiary/aromatic N) is 3. The zero-order valence-corrected chi connectivity index (χ0v) is 16.0. The molecule has 0 spiro atoms. The Morgan fingerprint density at radius 2 is 2.07 bits per heavy atom. The number of aromatic nitrogens is 3. The smallest absolute Gasteiger partial charge is 0.233 e. The normalized spacial score (nSPS) is 12.5. The molecule has 1 atom stereocenters. The largest absolute Gasteiger partial charge is 0.463 e. The summed E-state index contributed by atoms with van der Waals surface area (Å²) < 4.78 is 7.40. The Balaban J connectivity index is 1.50. The van der Waals surface area contributed by atoms with Crippen LogP contribution in [0.4, 0.5) is 0 Å². The van der Waals surface area contributed by atoms with Gasteiger partial charge in [-0.05, 0) is 18.9 Å². The first kappa shape index (κ1) is 17.6. The van der Waals surface area contributed by atoms with E-state index in [0.717, 1.165) is 27.2 Å². The summed E-state index contributed by atoms with van der Waals surface area (Å²) in [6, 6.07) is 12.0. The molecular formula is C20H20N4O2S. The molecule has 4 rings (SSSR count). The minimum atomic E-state index is -0.239. The van der Waals surface area contributed by atoms with E-state index in [4.69, 9.17) is 4.42 Å². The number of amides is 1. The molecule has 0 saturated heterocycles. The van der Waals surface area contributed by atoms with Crippen molar-refractivity contribution in [2.75, 3.05) is 0 Å². The molecule has 0 saturated carbocycles. The lowest BCUT2D eigenvalue weighted by Gasteiger charge is -2.14. The van der Waals surface area contributed by atoms with Crippen LogP contribution in [-0.2, 0) is 11.3 Å². The summed E-state index contributed by atoms with van der Waals surface area (Å²) in [5.41, 5.74) is 4.91. The zero-order chi connectivity index (χ0) is 18.8. The molecule has 0 unspecified atom stereocenters. The van der Waals surface area contributed by atoms with Crippen LogP contribution in [0, 0.1) is 6.92 Å². The Hall–Kier alpha value is -2.80. The van der Waals surface area contributed by atoms with E-state index in [1.165, 1.54) is 17.3 Å². The predicted octanol–water partition coefficient (Wildman–Crippen LogP) is 3.97. The van der Waals surface area contributed by atoms with Gasteiger partial charge in [0, 0.05) is 18.7 Å². The lowest BCUT2D eigenvalue weighted by Crippen LogP contribution is -2.32. The first-order chi connectivity index (χ1) is 13.2. The van der Waals surface area contributed by atoms with Gasteiger partial charge < -0.3 is 9.73 Å². The third kappa shape index (κ3) is 3.55. The van der Waals surface area contributed by atoms with E-state index in [1.54, 1.807) is 12.6 Å². The van der Waals surface area contributed by atoms with Crippen LogP contribution in [0.3, 0.4) is 0 Å². The number of benzene rings is 1. The first-order valence-electron chi connectivity index (χ1n) is 8.85. The van der Waals surface area contributed by atoms with E-state index in [9.17, 15) is 4.79 Å². The Bertz CT molecular complexity index is 1080. The van der Waals surface area contributed by atoms with E-state index in [0.29, 0.717) is 13.0 Å². The van der Waals surface area contributed by atoms with Gasteiger partial charge in [0.25, 0.3) is 0 Å². The van der Waals surface area contributed by atoms with Crippen molar-refractivity contribution < 1.29 is 9.21 Å². The number of thioether (sulfide) groups is 1. The number of nitrogens with one attached hydrogen (secondary N) is 1. The third-order valence-corrected chi connectivity index (χ3v) is 5.85. The maximum Gasteiger partial charge on any atom is 0.233 e. The number of furan rings is 1. The molecule has 0 radical (unpaired) electrons. The summed E-state index contributed by atoms with van der Waals surface area (Å²) in [5, 5.41) is 11.8. The Morgan fingerprint density at radius 1 is 1.26 bits per heavy atom. The van der Waals surface area contributed by atoms with E-state index in [-0.39, 0.29) is 11.2 Å². The molecule has 0 bridgehead atoms. The number of hydrogen-bond donors (Lipinski definition) is 1. The van der Waals surface area contributed by atoms with Gasteiger partial charge in [-0.15, -0.1) is 10.2 Å². The third-order valence-electron chi connectivity index (χ3n) is 4.50. The molecule has 0 aliphatic heterocycles. The molecule has 0 fully saturated rings. The molecule has 1 N–H and O–H groups in total. The minimum Gasteiger partial charge on any atom is -0.463 e. The van der Waals surface area contributed by atoms with Gasteiger partial charge >= 0.3 is 0 Å². The molecule has 27 heavy (non-hydrogen) atoms. The fourth-order valence-corrected chi connectivity index (χ4v) is 3.96. The summed E-state index contributed by atoms with van der Waals surface area (Å²) >= 11 is 1.43. The van der Waals surface area contributed by atoms with Gasteiger partial charge in [-0.25, -0.2) is 0 Å². The lowest BCUT2D eigenvalue weighted by molar-refractivity contribution is -0.120. The summed E-state index contributed by atoms with van der Waals surface area (Å²) in [6.45, 7) is 4.57. The Kier molecular flexibility index (Phi) is 4.85. The topological polar surface area (TPSA) is 72.4 Å². The highest BCUT2D eigenvalue weighted by Crippen LogP contribution is 2.30. The van der Waals surface area contributed by atoms with Crippen molar-refractivity contribution in [3.63, 3.8) is 0 Å². The van der Waals surface area contributed by atoms with Crippen LogP contribution < -0.4 is 5.32 Å². The van der Waals surface area contributed by atoms with Crippen molar-refractivity contribution in [1.29, 1.82) is 0 Å². The molecule has 1 aromatic carbocycles.